The van der Waals surface area contributed by atoms with Gasteiger partial charge in [-0.2, -0.15) is 0 Å². The smallest absolute Gasteiger partial charge is 0.326 e. The van der Waals surface area contributed by atoms with Crippen LogP contribution in [0.1, 0.15) is 58.9 Å². The van der Waals surface area contributed by atoms with Gasteiger partial charge in [-0.25, -0.2) is 4.79 Å². The summed E-state index contributed by atoms with van der Waals surface area (Å²) in [5.74, 6) is -4.18. The Morgan fingerprint density at radius 3 is 1.94 bits per heavy atom. The van der Waals surface area contributed by atoms with Crippen LogP contribution in [-0.2, 0) is 19.2 Å². The molecule has 31 heavy (non-hydrogen) atoms. The molecule has 1 aromatic carbocycles. The molecule has 9 heteroatoms. The van der Waals surface area contributed by atoms with Gasteiger partial charge in [-0.15, -0.1) is 0 Å². The zero-order valence-electron chi connectivity index (χ0n) is 18.4. The molecule has 0 saturated heterocycles. The van der Waals surface area contributed by atoms with E-state index in [4.69, 9.17) is 16.7 Å². The molecule has 4 N–H and O–H groups in total. The molecule has 1 aromatic rings. The molecule has 0 fully saturated rings. The summed E-state index contributed by atoms with van der Waals surface area (Å²) in [6.45, 7) is 9.01. The lowest BCUT2D eigenvalue weighted by molar-refractivity contribution is -0.144. The number of carbonyl (C=O) groups is 4. The van der Waals surface area contributed by atoms with E-state index in [9.17, 15) is 24.3 Å². The molecular formula is C22H31ClN2O6. The van der Waals surface area contributed by atoms with Crippen molar-refractivity contribution in [3.63, 3.8) is 0 Å². The van der Waals surface area contributed by atoms with Gasteiger partial charge in [-0.3, -0.25) is 14.4 Å². The topological polar surface area (TPSA) is 133 Å². The number of hydrogen-bond acceptors (Lipinski definition) is 4. The molecule has 0 saturated carbocycles. The molecule has 1 rings (SSSR count). The maximum Gasteiger partial charge on any atom is 0.326 e. The van der Waals surface area contributed by atoms with Crippen LogP contribution >= 0.6 is 11.6 Å². The summed E-state index contributed by atoms with van der Waals surface area (Å²) >= 11 is 5.94. The molecule has 3 atom stereocenters. The normalized spacial score (nSPS) is 14.4. The van der Waals surface area contributed by atoms with Gasteiger partial charge in [0.15, 0.2) is 0 Å². The number of carbonyl (C=O) groups excluding carboxylic acids is 2. The van der Waals surface area contributed by atoms with Crippen molar-refractivity contribution >= 4 is 35.4 Å². The molecule has 0 aliphatic carbocycles. The number of nitrogens with one attached hydrogen (secondary N) is 2. The van der Waals surface area contributed by atoms with Crippen molar-refractivity contribution in [1.29, 1.82) is 0 Å². The summed E-state index contributed by atoms with van der Waals surface area (Å²) in [6.07, 6.45) is -0.670. The third-order valence-corrected chi connectivity index (χ3v) is 5.11. The molecule has 0 unspecified atom stereocenters. The van der Waals surface area contributed by atoms with E-state index in [-0.39, 0.29) is 18.2 Å². The van der Waals surface area contributed by atoms with Crippen LogP contribution in [0.5, 0.6) is 0 Å². The maximum atomic E-state index is 13.1. The lowest BCUT2D eigenvalue weighted by Gasteiger charge is -2.33. The molecule has 172 valence electrons. The van der Waals surface area contributed by atoms with Crippen molar-refractivity contribution in [2.24, 2.45) is 11.3 Å². The van der Waals surface area contributed by atoms with Gasteiger partial charge in [0, 0.05) is 11.4 Å². The molecule has 8 nitrogen and oxygen atoms in total. The summed E-state index contributed by atoms with van der Waals surface area (Å²) in [5.41, 5.74) is 0.0201. The van der Waals surface area contributed by atoms with Crippen LogP contribution in [0, 0.1) is 11.3 Å². The number of aliphatic carboxylic acids is 2. The fraction of sp³-hybridized carbons (Fsp3) is 0.545. The van der Waals surface area contributed by atoms with Gasteiger partial charge in [0.05, 0.1) is 5.92 Å². The number of halogens is 1. The Morgan fingerprint density at radius 1 is 0.968 bits per heavy atom. The van der Waals surface area contributed by atoms with Gasteiger partial charge in [0.25, 0.3) is 0 Å². The van der Waals surface area contributed by atoms with Crippen LogP contribution in [0.4, 0.5) is 0 Å². The Balaban J connectivity index is 3.08. The van der Waals surface area contributed by atoms with E-state index in [0.29, 0.717) is 5.02 Å². The summed E-state index contributed by atoms with van der Waals surface area (Å²) in [6, 6.07) is 4.49. The van der Waals surface area contributed by atoms with Crippen LogP contribution in [0.25, 0.3) is 0 Å². The van der Waals surface area contributed by atoms with Gasteiger partial charge in [-0.1, -0.05) is 58.4 Å². The summed E-state index contributed by atoms with van der Waals surface area (Å²) in [5, 5.41) is 23.8. The number of carboxylic acids is 2. The highest BCUT2D eigenvalue weighted by Gasteiger charge is 2.37. The molecule has 0 aliphatic heterocycles. The highest BCUT2D eigenvalue weighted by molar-refractivity contribution is 6.30. The first-order valence-electron chi connectivity index (χ1n) is 10.0. The van der Waals surface area contributed by atoms with Crippen molar-refractivity contribution in [3.8, 4) is 0 Å². The third-order valence-electron chi connectivity index (χ3n) is 4.85. The zero-order valence-corrected chi connectivity index (χ0v) is 19.2. The Kier molecular flexibility index (Phi) is 9.49. The average Bonchev–Trinajstić information content (AvgIpc) is 2.63. The minimum absolute atomic E-state index is 0.0767. The second-order valence-corrected chi connectivity index (χ2v) is 9.35. The Hall–Kier alpha value is -2.61. The standard InChI is InChI=1S/C22H31ClN2O6/c1-12(2)17(13-6-8-14(23)9-7-13)19(28)25-18(22(3,4)5)20(29)24-15(21(30)31)10-11-16(26)27/h6-9,12,15,17-18H,10-11H2,1-5H3,(H,24,29)(H,25,28)(H,26,27)(H,30,31)/t15-,17+,18-/m1/s1. The first-order valence-corrected chi connectivity index (χ1v) is 10.4. The maximum absolute atomic E-state index is 13.1. The van der Waals surface area contributed by atoms with Crippen molar-refractivity contribution in [2.45, 2.75) is 65.5 Å². The van der Waals surface area contributed by atoms with Gasteiger partial charge >= 0.3 is 11.9 Å². The van der Waals surface area contributed by atoms with E-state index in [1.165, 1.54) is 0 Å². The van der Waals surface area contributed by atoms with Crippen molar-refractivity contribution in [2.75, 3.05) is 0 Å². The van der Waals surface area contributed by atoms with Crippen molar-refractivity contribution in [1.82, 2.24) is 10.6 Å². The summed E-state index contributed by atoms with van der Waals surface area (Å²) in [7, 11) is 0. The minimum atomic E-state index is -1.37. The minimum Gasteiger partial charge on any atom is -0.481 e. The second-order valence-electron chi connectivity index (χ2n) is 8.91. The lowest BCUT2D eigenvalue weighted by Crippen LogP contribution is -2.57. The van der Waals surface area contributed by atoms with Gasteiger partial charge in [0.2, 0.25) is 11.8 Å². The summed E-state index contributed by atoms with van der Waals surface area (Å²) in [4.78, 5) is 48.3. The SMILES string of the molecule is CC(C)[C@H](C(=O)N[C@H](C(=O)N[C@H](CCC(=O)O)C(=O)O)C(C)(C)C)c1ccc(Cl)cc1. The molecule has 0 heterocycles. The fourth-order valence-corrected chi connectivity index (χ4v) is 3.32. The number of amides is 2. The lowest BCUT2D eigenvalue weighted by atomic mass is 9.83. The van der Waals surface area contributed by atoms with E-state index in [0.717, 1.165) is 5.56 Å². The van der Waals surface area contributed by atoms with E-state index in [1.54, 1.807) is 45.0 Å². The second kappa shape index (κ2) is 11.1. The number of carboxylic acid groups (broad SMARTS) is 2. The molecule has 2 amide bonds. The van der Waals surface area contributed by atoms with Gasteiger partial charge < -0.3 is 20.8 Å². The molecule has 0 radical (unpaired) electrons. The number of hydrogen-bond donors (Lipinski definition) is 4. The largest absolute Gasteiger partial charge is 0.481 e. The number of rotatable bonds is 10. The van der Waals surface area contributed by atoms with E-state index >= 15 is 0 Å². The number of benzene rings is 1. The van der Waals surface area contributed by atoms with Crippen molar-refractivity contribution < 1.29 is 29.4 Å². The molecule has 0 spiro atoms. The van der Waals surface area contributed by atoms with E-state index < -0.39 is 47.7 Å². The van der Waals surface area contributed by atoms with E-state index in [1.807, 2.05) is 13.8 Å². The fourth-order valence-electron chi connectivity index (χ4n) is 3.20. The first kappa shape index (κ1) is 26.4. The zero-order chi connectivity index (χ0) is 23.9. The molecule has 0 aromatic heterocycles. The van der Waals surface area contributed by atoms with Crippen LogP contribution in [-0.4, -0.2) is 46.0 Å². The van der Waals surface area contributed by atoms with Crippen LogP contribution in [0.15, 0.2) is 24.3 Å². The highest BCUT2D eigenvalue weighted by atomic mass is 35.5. The molecule has 0 aliphatic rings. The third kappa shape index (κ3) is 8.20. The Labute approximate surface area is 187 Å². The Bertz CT molecular complexity index is 801. The summed E-state index contributed by atoms with van der Waals surface area (Å²) < 4.78 is 0. The average molecular weight is 455 g/mol. The van der Waals surface area contributed by atoms with Gasteiger partial charge in [0.1, 0.15) is 12.1 Å². The molecule has 0 bridgehead atoms. The van der Waals surface area contributed by atoms with Crippen LogP contribution < -0.4 is 10.6 Å². The highest BCUT2D eigenvalue weighted by Crippen LogP contribution is 2.28. The predicted molar refractivity (Wildman–Crippen MR) is 117 cm³/mol. The quantitative estimate of drug-likeness (QED) is 0.429. The Morgan fingerprint density at radius 2 is 1.52 bits per heavy atom. The van der Waals surface area contributed by atoms with Crippen LogP contribution in [0.2, 0.25) is 5.02 Å². The molecular weight excluding hydrogens is 424 g/mol. The van der Waals surface area contributed by atoms with Crippen molar-refractivity contribution in [3.05, 3.63) is 34.9 Å². The monoisotopic (exact) mass is 454 g/mol. The predicted octanol–water partition coefficient (Wildman–Crippen LogP) is 3.04. The van der Waals surface area contributed by atoms with Crippen LogP contribution in [0.3, 0.4) is 0 Å². The van der Waals surface area contributed by atoms with E-state index in [2.05, 4.69) is 10.6 Å². The van der Waals surface area contributed by atoms with Gasteiger partial charge in [-0.05, 0) is 35.4 Å². The first-order chi connectivity index (χ1) is 14.2.